The summed E-state index contributed by atoms with van der Waals surface area (Å²) in [6.07, 6.45) is 1.11. The van der Waals surface area contributed by atoms with Crippen LogP contribution in [0, 0.1) is 6.92 Å². The number of fused-ring (bicyclic) bond motifs is 1. The standard InChI is InChI=1S/C10H8ClF2N3O2/c1-5-3-7(10(11,12)13)16-8(15-5)6(4-14-16)9(17)18-2/h3-4H,1-2H3. The minimum Gasteiger partial charge on any atom is -0.465 e. The van der Waals surface area contributed by atoms with Gasteiger partial charge in [-0.15, -0.1) is 0 Å². The average molecular weight is 276 g/mol. The minimum atomic E-state index is -3.61. The summed E-state index contributed by atoms with van der Waals surface area (Å²) in [7, 11) is 1.18. The summed E-state index contributed by atoms with van der Waals surface area (Å²) in [5, 5.41) is 0.0783. The second-order valence-corrected chi connectivity index (χ2v) is 4.04. The number of esters is 1. The van der Waals surface area contributed by atoms with Crippen molar-refractivity contribution in [2.45, 2.75) is 12.3 Å². The molecule has 2 aromatic heterocycles. The van der Waals surface area contributed by atoms with Gasteiger partial charge in [-0.1, -0.05) is 0 Å². The highest BCUT2D eigenvalue weighted by molar-refractivity contribution is 6.21. The van der Waals surface area contributed by atoms with E-state index in [9.17, 15) is 13.6 Å². The number of ether oxygens (including phenoxy) is 1. The monoisotopic (exact) mass is 275 g/mol. The molecule has 5 nitrogen and oxygen atoms in total. The zero-order chi connectivity index (χ0) is 13.5. The predicted octanol–water partition coefficient (Wildman–Crippen LogP) is 2.11. The van der Waals surface area contributed by atoms with Crippen molar-refractivity contribution in [3.63, 3.8) is 0 Å². The maximum Gasteiger partial charge on any atom is 0.364 e. The van der Waals surface area contributed by atoms with Crippen LogP contribution in [-0.2, 0) is 10.1 Å². The fourth-order valence-corrected chi connectivity index (χ4v) is 1.67. The van der Waals surface area contributed by atoms with E-state index in [1.54, 1.807) is 0 Å². The van der Waals surface area contributed by atoms with Crippen molar-refractivity contribution in [1.29, 1.82) is 0 Å². The van der Waals surface area contributed by atoms with E-state index in [0.29, 0.717) is 5.69 Å². The highest BCUT2D eigenvalue weighted by atomic mass is 35.5. The van der Waals surface area contributed by atoms with Crippen LogP contribution in [0.25, 0.3) is 5.65 Å². The normalized spacial score (nSPS) is 11.8. The van der Waals surface area contributed by atoms with Crippen LogP contribution in [0.3, 0.4) is 0 Å². The van der Waals surface area contributed by atoms with Crippen molar-refractivity contribution in [3.05, 3.63) is 29.2 Å². The third-order valence-electron chi connectivity index (χ3n) is 2.30. The van der Waals surface area contributed by atoms with Crippen LogP contribution in [0.5, 0.6) is 0 Å². The number of aromatic nitrogens is 3. The van der Waals surface area contributed by atoms with E-state index >= 15 is 0 Å². The summed E-state index contributed by atoms with van der Waals surface area (Å²) < 4.78 is 31.8. The Morgan fingerprint density at radius 2 is 2.22 bits per heavy atom. The summed E-state index contributed by atoms with van der Waals surface area (Å²) in [4.78, 5) is 15.4. The molecule has 2 rings (SSSR count). The van der Waals surface area contributed by atoms with Gasteiger partial charge in [0.25, 0.3) is 0 Å². The first kappa shape index (κ1) is 12.7. The van der Waals surface area contributed by atoms with Crippen molar-refractivity contribution in [2.24, 2.45) is 0 Å². The van der Waals surface area contributed by atoms with Gasteiger partial charge in [0, 0.05) is 5.69 Å². The molecule has 0 saturated carbocycles. The zero-order valence-electron chi connectivity index (χ0n) is 9.45. The van der Waals surface area contributed by atoms with Crippen LogP contribution < -0.4 is 0 Å². The summed E-state index contributed by atoms with van der Waals surface area (Å²) in [5.41, 5.74) is -0.272. The van der Waals surface area contributed by atoms with Gasteiger partial charge in [-0.3, -0.25) is 0 Å². The molecule has 0 aliphatic carbocycles. The summed E-state index contributed by atoms with van der Waals surface area (Å²) >= 11 is 4.99. The molecule has 0 radical (unpaired) electrons. The lowest BCUT2D eigenvalue weighted by Gasteiger charge is -2.10. The summed E-state index contributed by atoms with van der Waals surface area (Å²) in [5.74, 6) is -0.702. The number of hydrogen-bond donors (Lipinski definition) is 0. The van der Waals surface area contributed by atoms with Crippen molar-refractivity contribution < 1.29 is 18.3 Å². The molecular weight excluding hydrogens is 268 g/mol. The Morgan fingerprint density at radius 3 is 2.78 bits per heavy atom. The lowest BCUT2D eigenvalue weighted by molar-refractivity contribution is 0.0602. The van der Waals surface area contributed by atoms with E-state index in [4.69, 9.17) is 11.6 Å². The van der Waals surface area contributed by atoms with Gasteiger partial charge in [-0.05, 0) is 24.6 Å². The highest BCUT2D eigenvalue weighted by Crippen LogP contribution is 2.32. The van der Waals surface area contributed by atoms with Gasteiger partial charge in [-0.25, -0.2) is 14.3 Å². The number of aryl methyl sites for hydroxylation is 1. The number of alkyl halides is 3. The Hall–Kier alpha value is -1.76. The predicted molar refractivity (Wildman–Crippen MR) is 58.8 cm³/mol. The van der Waals surface area contributed by atoms with Gasteiger partial charge in [0.2, 0.25) is 0 Å². The number of carbonyl (C=O) groups excluding carboxylic acids is 1. The Morgan fingerprint density at radius 1 is 1.56 bits per heavy atom. The maximum atomic E-state index is 13.2. The SMILES string of the molecule is COC(=O)c1cnn2c(C(F)(F)Cl)cc(C)nc12. The molecule has 18 heavy (non-hydrogen) atoms. The topological polar surface area (TPSA) is 56.5 Å². The first-order valence-corrected chi connectivity index (χ1v) is 5.23. The quantitative estimate of drug-likeness (QED) is 0.622. The first-order valence-electron chi connectivity index (χ1n) is 4.85. The molecule has 8 heteroatoms. The van der Waals surface area contributed by atoms with Crippen molar-refractivity contribution >= 4 is 23.2 Å². The van der Waals surface area contributed by atoms with Gasteiger partial charge in [0.1, 0.15) is 11.3 Å². The molecule has 0 atom stereocenters. The molecule has 0 bridgehead atoms. The number of methoxy groups -OCH3 is 1. The lowest BCUT2D eigenvalue weighted by Crippen LogP contribution is -2.13. The molecule has 2 aromatic rings. The largest absolute Gasteiger partial charge is 0.465 e. The number of nitrogens with zero attached hydrogens (tertiary/aromatic N) is 3. The van der Waals surface area contributed by atoms with Crippen LogP contribution in [0.2, 0.25) is 0 Å². The molecule has 0 amide bonds. The van der Waals surface area contributed by atoms with Crippen LogP contribution in [0.1, 0.15) is 21.7 Å². The number of rotatable bonds is 2. The number of halogens is 3. The van der Waals surface area contributed by atoms with Gasteiger partial charge < -0.3 is 4.74 Å². The Balaban J connectivity index is 2.77. The third kappa shape index (κ3) is 2.01. The smallest absolute Gasteiger partial charge is 0.364 e. The van der Waals surface area contributed by atoms with Crippen LogP contribution in [-0.4, -0.2) is 27.7 Å². The Kier molecular flexibility index (Phi) is 2.94. The fraction of sp³-hybridized carbons (Fsp3) is 0.300. The molecule has 0 aliphatic heterocycles. The van der Waals surface area contributed by atoms with E-state index in [0.717, 1.165) is 16.8 Å². The average Bonchev–Trinajstić information content (AvgIpc) is 2.69. The highest BCUT2D eigenvalue weighted by Gasteiger charge is 2.33. The van der Waals surface area contributed by atoms with Crippen molar-refractivity contribution in [2.75, 3.05) is 7.11 Å². The van der Waals surface area contributed by atoms with Crippen LogP contribution >= 0.6 is 11.6 Å². The molecule has 96 valence electrons. The van der Waals surface area contributed by atoms with Crippen molar-refractivity contribution in [3.8, 4) is 0 Å². The van der Waals surface area contributed by atoms with Gasteiger partial charge in [-0.2, -0.15) is 13.9 Å². The van der Waals surface area contributed by atoms with Gasteiger partial charge in [0.15, 0.2) is 5.65 Å². The Bertz CT molecular complexity index is 621. The van der Waals surface area contributed by atoms with Crippen molar-refractivity contribution in [1.82, 2.24) is 14.6 Å². The first-order chi connectivity index (χ1) is 8.34. The van der Waals surface area contributed by atoms with Crippen LogP contribution in [0.4, 0.5) is 8.78 Å². The molecule has 0 fully saturated rings. The second kappa shape index (κ2) is 4.16. The third-order valence-corrected chi connectivity index (χ3v) is 2.49. The maximum absolute atomic E-state index is 13.2. The fourth-order valence-electron chi connectivity index (χ4n) is 1.54. The lowest BCUT2D eigenvalue weighted by atomic mass is 10.3. The van der Waals surface area contributed by atoms with Gasteiger partial charge in [0.05, 0.1) is 13.3 Å². The van der Waals surface area contributed by atoms with E-state index in [1.165, 1.54) is 14.0 Å². The zero-order valence-corrected chi connectivity index (χ0v) is 10.2. The molecule has 0 unspecified atom stereocenters. The molecule has 2 heterocycles. The van der Waals surface area contributed by atoms with E-state index < -0.39 is 17.0 Å². The van der Waals surface area contributed by atoms with Gasteiger partial charge >= 0.3 is 11.4 Å². The molecular formula is C10H8ClF2N3O2. The molecule has 0 N–H and O–H groups in total. The second-order valence-electron chi connectivity index (χ2n) is 3.57. The number of hydrogen-bond acceptors (Lipinski definition) is 4. The summed E-state index contributed by atoms with van der Waals surface area (Å²) in [6.45, 7) is 1.51. The number of carbonyl (C=O) groups is 1. The molecule has 0 spiro atoms. The van der Waals surface area contributed by atoms with E-state index in [2.05, 4.69) is 14.8 Å². The minimum absolute atomic E-state index is 0.00312. The van der Waals surface area contributed by atoms with Crippen LogP contribution in [0.15, 0.2) is 12.3 Å². The summed E-state index contributed by atoms with van der Waals surface area (Å²) in [6, 6.07) is 1.11. The van der Waals surface area contributed by atoms with E-state index in [-0.39, 0.29) is 11.2 Å². The Labute approximate surface area is 105 Å². The van der Waals surface area contributed by atoms with E-state index in [1.807, 2.05) is 0 Å². The molecule has 0 aromatic carbocycles. The molecule has 0 aliphatic rings. The molecule has 0 saturated heterocycles.